The molecule has 4 nitrogen and oxygen atoms in total. The van der Waals surface area contributed by atoms with Crippen LogP contribution in [0.25, 0.3) is 0 Å². The first-order valence-corrected chi connectivity index (χ1v) is 7.03. The predicted molar refractivity (Wildman–Crippen MR) is 71.8 cm³/mol. The van der Waals surface area contributed by atoms with Crippen molar-refractivity contribution in [2.75, 3.05) is 5.75 Å². The molecule has 0 amide bonds. The smallest absolute Gasteiger partial charge is 0.406 e. The molecule has 0 saturated heterocycles. The van der Waals surface area contributed by atoms with Crippen LogP contribution in [0.15, 0.2) is 24.3 Å². The Hall–Kier alpha value is -1.25. The molecule has 21 heavy (non-hydrogen) atoms. The summed E-state index contributed by atoms with van der Waals surface area (Å²) in [7, 11) is 0. The summed E-state index contributed by atoms with van der Waals surface area (Å²) in [5.74, 6) is -0.156. The van der Waals surface area contributed by atoms with Crippen molar-refractivity contribution < 1.29 is 32.9 Å². The van der Waals surface area contributed by atoms with Crippen molar-refractivity contribution in [2.24, 2.45) is 0 Å². The molecule has 1 aromatic carbocycles. The fraction of sp³-hybridized carbons (Fsp3) is 0.462. The second-order valence-corrected chi connectivity index (χ2v) is 5.53. The van der Waals surface area contributed by atoms with Crippen molar-refractivity contribution in [3.63, 3.8) is 0 Å². The molecule has 0 aromatic heterocycles. The molecule has 0 aliphatic carbocycles. The van der Waals surface area contributed by atoms with E-state index in [-0.39, 0.29) is 17.1 Å². The minimum atomic E-state index is -4.82. The Bertz CT molecular complexity index is 479. The Kier molecular flexibility index (Phi) is 6.50. The van der Waals surface area contributed by atoms with E-state index in [4.69, 9.17) is 0 Å². The Balaban J connectivity index is 2.66. The summed E-state index contributed by atoms with van der Waals surface area (Å²) in [4.78, 5) is 10.7. The zero-order valence-corrected chi connectivity index (χ0v) is 11.9. The van der Waals surface area contributed by atoms with Crippen LogP contribution in [-0.2, 0) is 4.79 Å². The van der Waals surface area contributed by atoms with E-state index in [0.717, 1.165) is 23.9 Å². The largest absolute Gasteiger partial charge is 0.573 e. The van der Waals surface area contributed by atoms with Gasteiger partial charge >= 0.3 is 6.36 Å². The van der Waals surface area contributed by atoms with Gasteiger partial charge in [-0.1, -0.05) is 23.9 Å². The lowest BCUT2D eigenvalue weighted by atomic mass is 10.0. The van der Waals surface area contributed by atoms with Crippen LogP contribution in [0.5, 0.6) is 5.75 Å². The molecule has 0 radical (unpaired) electrons. The van der Waals surface area contributed by atoms with E-state index in [1.807, 2.05) is 0 Å². The number of hydrogen-bond acceptors (Lipinski definition) is 5. The molecule has 2 unspecified atom stereocenters. The average molecular weight is 324 g/mol. The van der Waals surface area contributed by atoms with E-state index in [2.05, 4.69) is 4.74 Å². The van der Waals surface area contributed by atoms with E-state index < -0.39 is 24.3 Å². The van der Waals surface area contributed by atoms with Gasteiger partial charge in [0, 0.05) is 12.7 Å². The number of aliphatic hydroxyl groups excluding tert-OH is 2. The monoisotopic (exact) mass is 324 g/mol. The summed E-state index contributed by atoms with van der Waals surface area (Å²) in [6.45, 7) is 1.38. The summed E-state index contributed by atoms with van der Waals surface area (Å²) in [5.41, 5.74) is 0.108. The van der Waals surface area contributed by atoms with Crippen molar-refractivity contribution in [3.05, 3.63) is 29.8 Å². The van der Waals surface area contributed by atoms with Crippen LogP contribution >= 0.6 is 11.8 Å². The highest BCUT2D eigenvalue weighted by molar-refractivity contribution is 8.13. The van der Waals surface area contributed by atoms with Crippen molar-refractivity contribution in [2.45, 2.75) is 31.9 Å². The predicted octanol–water partition coefficient (Wildman–Crippen LogP) is 2.65. The molecule has 118 valence electrons. The number of halogens is 3. The number of ether oxygens (including phenoxy) is 1. The van der Waals surface area contributed by atoms with E-state index >= 15 is 0 Å². The first-order chi connectivity index (χ1) is 9.69. The Morgan fingerprint density at radius 1 is 1.38 bits per heavy atom. The summed E-state index contributed by atoms with van der Waals surface area (Å²) in [6.07, 6.45) is -7.22. The molecule has 2 N–H and O–H groups in total. The highest BCUT2D eigenvalue weighted by Gasteiger charge is 2.31. The van der Waals surface area contributed by atoms with Crippen molar-refractivity contribution in [3.8, 4) is 5.75 Å². The second kappa shape index (κ2) is 7.67. The van der Waals surface area contributed by atoms with Crippen LogP contribution in [0.1, 0.15) is 25.0 Å². The van der Waals surface area contributed by atoms with Crippen LogP contribution in [-0.4, -0.2) is 33.5 Å². The van der Waals surface area contributed by atoms with Crippen LogP contribution in [0, 0.1) is 0 Å². The van der Waals surface area contributed by atoms with Crippen molar-refractivity contribution in [1.82, 2.24) is 0 Å². The molecule has 2 atom stereocenters. The molecular weight excluding hydrogens is 309 g/mol. The maximum Gasteiger partial charge on any atom is 0.573 e. The van der Waals surface area contributed by atoms with Crippen LogP contribution in [0.4, 0.5) is 13.2 Å². The molecule has 0 aliphatic heterocycles. The number of hydrogen-bond donors (Lipinski definition) is 2. The van der Waals surface area contributed by atoms with Crippen LogP contribution in [0.3, 0.4) is 0 Å². The maximum absolute atomic E-state index is 12.1. The molecule has 0 heterocycles. The quantitative estimate of drug-likeness (QED) is 0.842. The van der Waals surface area contributed by atoms with E-state index in [9.17, 15) is 28.2 Å². The molecule has 8 heteroatoms. The van der Waals surface area contributed by atoms with Gasteiger partial charge in [0.1, 0.15) is 11.9 Å². The highest BCUT2D eigenvalue weighted by atomic mass is 32.2. The zero-order valence-electron chi connectivity index (χ0n) is 11.1. The van der Waals surface area contributed by atoms with Gasteiger partial charge in [-0.3, -0.25) is 4.79 Å². The Morgan fingerprint density at radius 3 is 2.62 bits per heavy atom. The molecule has 0 aliphatic rings. The minimum Gasteiger partial charge on any atom is -0.406 e. The fourth-order valence-electron chi connectivity index (χ4n) is 1.60. The number of thioether (sulfide) groups is 1. The van der Waals surface area contributed by atoms with E-state index in [1.54, 1.807) is 0 Å². The average Bonchev–Trinajstić information content (AvgIpc) is 2.35. The standard InChI is InChI=1S/C13H15F3O4S/c1-8(17)21-6-5-11(18)12(19)9-3-2-4-10(7-9)20-13(14,15)16/h2-4,7,11-12,18-19H,5-6H2,1H3. The summed E-state index contributed by atoms with van der Waals surface area (Å²) in [5, 5.41) is 19.6. The third-order valence-electron chi connectivity index (χ3n) is 2.52. The Morgan fingerprint density at radius 2 is 2.05 bits per heavy atom. The van der Waals surface area contributed by atoms with Gasteiger partial charge in [-0.25, -0.2) is 0 Å². The third-order valence-corrected chi connectivity index (χ3v) is 3.36. The van der Waals surface area contributed by atoms with Crippen LogP contribution < -0.4 is 4.74 Å². The van der Waals surface area contributed by atoms with Gasteiger partial charge < -0.3 is 14.9 Å². The minimum absolute atomic E-state index is 0.108. The van der Waals surface area contributed by atoms with Crippen LogP contribution in [0.2, 0.25) is 0 Å². The summed E-state index contributed by atoms with van der Waals surface area (Å²) < 4.78 is 40.1. The lowest BCUT2D eigenvalue weighted by molar-refractivity contribution is -0.274. The number of benzene rings is 1. The number of aliphatic hydroxyl groups is 2. The van der Waals surface area contributed by atoms with Crippen molar-refractivity contribution in [1.29, 1.82) is 0 Å². The van der Waals surface area contributed by atoms with E-state index in [1.165, 1.54) is 19.1 Å². The fourth-order valence-corrected chi connectivity index (χ4v) is 2.25. The molecule has 0 saturated carbocycles. The molecule has 0 spiro atoms. The number of carbonyl (C=O) groups is 1. The first kappa shape index (κ1) is 17.8. The normalized spacial score (nSPS) is 14.6. The summed E-state index contributed by atoms with van der Waals surface area (Å²) >= 11 is 1.000. The van der Waals surface area contributed by atoms with Gasteiger partial charge in [0.15, 0.2) is 5.12 Å². The van der Waals surface area contributed by atoms with Gasteiger partial charge in [-0.05, 0) is 24.1 Å². The highest BCUT2D eigenvalue weighted by Crippen LogP contribution is 2.27. The van der Waals surface area contributed by atoms with Crippen molar-refractivity contribution >= 4 is 16.9 Å². The van der Waals surface area contributed by atoms with Gasteiger partial charge in [0.05, 0.1) is 6.10 Å². The maximum atomic E-state index is 12.1. The lowest BCUT2D eigenvalue weighted by Gasteiger charge is -2.18. The van der Waals surface area contributed by atoms with Gasteiger partial charge in [-0.15, -0.1) is 13.2 Å². The van der Waals surface area contributed by atoms with Gasteiger partial charge in [-0.2, -0.15) is 0 Å². The zero-order chi connectivity index (χ0) is 16.0. The number of carbonyl (C=O) groups excluding carboxylic acids is 1. The SMILES string of the molecule is CC(=O)SCCC(O)C(O)c1cccc(OC(F)(F)F)c1. The first-order valence-electron chi connectivity index (χ1n) is 6.04. The molecule has 1 rings (SSSR count). The molecular formula is C13H15F3O4S. The molecule has 0 bridgehead atoms. The molecule has 1 aromatic rings. The lowest BCUT2D eigenvalue weighted by Crippen LogP contribution is -2.20. The van der Waals surface area contributed by atoms with Gasteiger partial charge in [0.2, 0.25) is 0 Å². The third kappa shape index (κ3) is 6.83. The second-order valence-electron chi connectivity index (χ2n) is 4.26. The van der Waals surface area contributed by atoms with Gasteiger partial charge in [0.25, 0.3) is 0 Å². The number of rotatable bonds is 6. The molecule has 0 fully saturated rings. The topological polar surface area (TPSA) is 66.8 Å². The van der Waals surface area contributed by atoms with E-state index in [0.29, 0.717) is 5.75 Å². The number of alkyl halides is 3. The summed E-state index contributed by atoms with van der Waals surface area (Å²) in [6, 6.07) is 4.78. The Labute approximate surface area is 123 Å².